The molecule has 0 spiro atoms. The zero-order chi connectivity index (χ0) is 13.8. The number of carbonyl (C=O) groups excluding carboxylic acids is 1. The molecular weight excluding hydrogens is 246 g/mol. The first-order valence-electron chi connectivity index (χ1n) is 6.31. The number of aliphatic hydroxyl groups is 1. The molecule has 0 aromatic heterocycles. The smallest absolute Gasteiger partial charge is 0.303 e. The Kier molecular flexibility index (Phi) is 4.39. The molecule has 19 heavy (non-hydrogen) atoms. The second-order valence-corrected chi connectivity index (χ2v) is 4.71. The van der Waals surface area contributed by atoms with Crippen LogP contribution in [-0.2, 0) is 16.0 Å². The molecule has 104 valence electrons. The summed E-state index contributed by atoms with van der Waals surface area (Å²) >= 11 is 0. The summed E-state index contributed by atoms with van der Waals surface area (Å²) in [6, 6.07) is 7.65. The third-order valence-corrected chi connectivity index (χ3v) is 3.28. The van der Waals surface area contributed by atoms with Crippen molar-refractivity contribution in [3.05, 3.63) is 29.8 Å². The van der Waals surface area contributed by atoms with Crippen molar-refractivity contribution in [1.82, 2.24) is 5.32 Å². The van der Waals surface area contributed by atoms with E-state index in [4.69, 9.17) is 9.47 Å². The number of hydrogen-bond acceptors (Lipinski definition) is 5. The monoisotopic (exact) mass is 265 g/mol. The summed E-state index contributed by atoms with van der Waals surface area (Å²) in [5, 5.41) is 13.0. The van der Waals surface area contributed by atoms with Crippen molar-refractivity contribution in [2.45, 2.75) is 31.6 Å². The summed E-state index contributed by atoms with van der Waals surface area (Å²) in [5.41, 5.74) is 1.10. The SMILES string of the molecule is COc1ccc(C[C@H]2NCC(O)C2OC(C)=O)cc1. The molecule has 0 saturated carbocycles. The van der Waals surface area contributed by atoms with Crippen molar-refractivity contribution in [2.24, 2.45) is 0 Å². The zero-order valence-corrected chi connectivity index (χ0v) is 11.1. The van der Waals surface area contributed by atoms with E-state index in [0.29, 0.717) is 13.0 Å². The van der Waals surface area contributed by atoms with Gasteiger partial charge in [-0.3, -0.25) is 4.79 Å². The minimum atomic E-state index is -0.646. The van der Waals surface area contributed by atoms with Crippen LogP contribution in [0.25, 0.3) is 0 Å². The number of methoxy groups -OCH3 is 1. The van der Waals surface area contributed by atoms with Crippen molar-refractivity contribution in [1.29, 1.82) is 0 Å². The Labute approximate surface area is 112 Å². The Bertz CT molecular complexity index is 432. The van der Waals surface area contributed by atoms with Gasteiger partial charge in [0, 0.05) is 13.5 Å². The summed E-state index contributed by atoms with van der Waals surface area (Å²) in [6.45, 7) is 1.80. The molecular formula is C14H19NO4. The molecule has 1 aliphatic heterocycles. The number of carbonyl (C=O) groups is 1. The van der Waals surface area contributed by atoms with E-state index in [9.17, 15) is 9.90 Å². The molecule has 0 bridgehead atoms. The van der Waals surface area contributed by atoms with Crippen molar-refractivity contribution in [2.75, 3.05) is 13.7 Å². The number of esters is 1. The van der Waals surface area contributed by atoms with Crippen LogP contribution in [0.15, 0.2) is 24.3 Å². The molecule has 1 aliphatic rings. The molecule has 5 nitrogen and oxygen atoms in total. The molecule has 1 heterocycles. The highest BCUT2D eigenvalue weighted by atomic mass is 16.6. The van der Waals surface area contributed by atoms with Crippen LogP contribution in [0.5, 0.6) is 5.75 Å². The maximum absolute atomic E-state index is 11.0. The van der Waals surface area contributed by atoms with E-state index < -0.39 is 12.2 Å². The lowest BCUT2D eigenvalue weighted by Gasteiger charge is -2.21. The van der Waals surface area contributed by atoms with Gasteiger partial charge in [0.2, 0.25) is 0 Å². The van der Waals surface area contributed by atoms with E-state index in [-0.39, 0.29) is 12.0 Å². The fourth-order valence-corrected chi connectivity index (χ4v) is 2.33. The number of benzene rings is 1. The first-order valence-corrected chi connectivity index (χ1v) is 6.31. The highest BCUT2D eigenvalue weighted by molar-refractivity contribution is 5.66. The predicted octanol–water partition coefficient (Wildman–Crippen LogP) is 0.502. The molecule has 1 fully saturated rings. The number of hydrogen-bond donors (Lipinski definition) is 2. The molecule has 2 rings (SSSR count). The van der Waals surface area contributed by atoms with Gasteiger partial charge >= 0.3 is 5.97 Å². The zero-order valence-electron chi connectivity index (χ0n) is 11.1. The second-order valence-electron chi connectivity index (χ2n) is 4.71. The van der Waals surface area contributed by atoms with Gasteiger partial charge in [-0.2, -0.15) is 0 Å². The molecule has 0 radical (unpaired) electrons. The quantitative estimate of drug-likeness (QED) is 0.776. The van der Waals surface area contributed by atoms with Crippen molar-refractivity contribution < 1.29 is 19.4 Å². The van der Waals surface area contributed by atoms with Crippen LogP contribution in [0, 0.1) is 0 Å². The highest BCUT2D eigenvalue weighted by Crippen LogP contribution is 2.19. The molecule has 0 amide bonds. The van der Waals surface area contributed by atoms with Gasteiger partial charge in [0.1, 0.15) is 18.0 Å². The van der Waals surface area contributed by atoms with Crippen LogP contribution in [-0.4, -0.2) is 43.0 Å². The lowest BCUT2D eigenvalue weighted by atomic mass is 10.0. The first-order chi connectivity index (χ1) is 9.10. The molecule has 1 aromatic rings. The van der Waals surface area contributed by atoms with Crippen LogP contribution < -0.4 is 10.1 Å². The van der Waals surface area contributed by atoms with Gasteiger partial charge < -0.3 is 19.9 Å². The van der Waals surface area contributed by atoms with Crippen molar-refractivity contribution >= 4 is 5.97 Å². The highest BCUT2D eigenvalue weighted by Gasteiger charge is 2.37. The number of β-amino-alcohol motifs (C(OH)–C–C–N with tert-alkyl or cyclic N) is 1. The molecule has 2 N–H and O–H groups in total. The minimum Gasteiger partial charge on any atom is -0.497 e. The third-order valence-electron chi connectivity index (χ3n) is 3.28. The second kappa shape index (κ2) is 6.04. The number of aliphatic hydroxyl groups excluding tert-OH is 1. The molecule has 3 atom stereocenters. The maximum atomic E-state index is 11.0. The predicted molar refractivity (Wildman–Crippen MR) is 70.0 cm³/mol. The summed E-state index contributed by atoms with van der Waals surface area (Å²) < 4.78 is 10.3. The average Bonchev–Trinajstić information content (AvgIpc) is 2.72. The van der Waals surface area contributed by atoms with E-state index in [0.717, 1.165) is 11.3 Å². The normalized spacial score (nSPS) is 26.2. The van der Waals surface area contributed by atoms with Gasteiger partial charge in [0.05, 0.1) is 13.2 Å². The molecule has 2 unspecified atom stereocenters. The van der Waals surface area contributed by atoms with E-state index in [1.807, 2.05) is 24.3 Å². The topological polar surface area (TPSA) is 67.8 Å². The fourth-order valence-electron chi connectivity index (χ4n) is 2.33. The fraction of sp³-hybridized carbons (Fsp3) is 0.500. The molecule has 5 heteroatoms. The average molecular weight is 265 g/mol. The summed E-state index contributed by atoms with van der Waals surface area (Å²) in [4.78, 5) is 11.0. The van der Waals surface area contributed by atoms with Crippen molar-refractivity contribution in [3.8, 4) is 5.75 Å². The van der Waals surface area contributed by atoms with Crippen LogP contribution >= 0.6 is 0 Å². The third kappa shape index (κ3) is 3.45. The number of nitrogens with one attached hydrogen (secondary N) is 1. The Morgan fingerprint density at radius 2 is 2.11 bits per heavy atom. The van der Waals surface area contributed by atoms with E-state index in [2.05, 4.69) is 5.32 Å². The molecule has 0 aliphatic carbocycles. The van der Waals surface area contributed by atoms with E-state index >= 15 is 0 Å². The van der Waals surface area contributed by atoms with Gasteiger partial charge in [-0.05, 0) is 24.1 Å². The Morgan fingerprint density at radius 3 is 2.68 bits per heavy atom. The van der Waals surface area contributed by atoms with Crippen molar-refractivity contribution in [3.63, 3.8) is 0 Å². The van der Waals surface area contributed by atoms with Gasteiger partial charge in [-0.1, -0.05) is 12.1 Å². The van der Waals surface area contributed by atoms with Crippen LogP contribution in [0.3, 0.4) is 0 Å². The minimum absolute atomic E-state index is 0.0627. The lowest BCUT2D eigenvalue weighted by Crippen LogP contribution is -2.38. The number of ether oxygens (including phenoxy) is 2. The summed E-state index contributed by atoms with van der Waals surface area (Å²) in [5.74, 6) is 0.437. The number of rotatable bonds is 4. The van der Waals surface area contributed by atoms with Crippen LogP contribution in [0.2, 0.25) is 0 Å². The van der Waals surface area contributed by atoms with Crippen LogP contribution in [0.1, 0.15) is 12.5 Å². The first kappa shape index (κ1) is 13.8. The Balaban J connectivity index is 2.02. The Morgan fingerprint density at radius 1 is 1.42 bits per heavy atom. The van der Waals surface area contributed by atoms with Crippen LogP contribution in [0.4, 0.5) is 0 Å². The largest absolute Gasteiger partial charge is 0.497 e. The van der Waals surface area contributed by atoms with E-state index in [1.165, 1.54) is 6.92 Å². The summed E-state index contributed by atoms with van der Waals surface area (Å²) in [7, 11) is 1.63. The van der Waals surface area contributed by atoms with Gasteiger partial charge in [-0.15, -0.1) is 0 Å². The van der Waals surface area contributed by atoms with Gasteiger partial charge in [0.15, 0.2) is 0 Å². The van der Waals surface area contributed by atoms with Gasteiger partial charge in [0.25, 0.3) is 0 Å². The lowest BCUT2D eigenvalue weighted by molar-refractivity contribution is -0.151. The molecule has 1 aromatic carbocycles. The Hall–Kier alpha value is -1.59. The summed E-state index contributed by atoms with van der Waals surface area (Å²) in [6.07, 6.45) is -0.439. The van der Waals surface area contributed by atoms with Gasteiger partial charge in [-0.25, -0.2) is 0 Å². The standard InChI is InChI=1S/C14H19NO4/c1-9(16)19-14-12(15-8-13(14)17)7-10-3-5-11(18-2)6-4-10/h3-6,12-15,17H,7-8H2,1-2H3/t12-,13?,14?/m1/s1. The van der Waals surface area contributed by atoms with E-state index in [1.54, 1.807) is 7.11 Å². The maximum Gasteiger partial charge on any atom is 0.303 e. The molecule has 1 saturated heterocycles.